The van der Waals surface area contributed by atoms with E-state index in [-0.39, 0.29) is 25.7 Å². The maximum Gasteiger partial charge on any atom is 0.472 e. The second-order valence-corrected chi connectivity index (χ2v) is 33.7. The van der Waals surface area contributed by atoms with Crippen molar-refractivity contribution in [2.24, 2.45) is 23.7 Å². The lowest BCUT2D eigenvalue weighted by Crippen LogP contribution is -2.30. The van der Waals surface area contributed by atoms with Crippen LogP contribution in [0.15, 0.2) is 0 Å². The molecule has 4 unspecified atom stereocenters. The molecule has 0 spiro atoms. The van der Waals surface area contributed by atoms with Crippen LogP contribution in [0.5, 0.6) is 0 Å². The lowest BCUT2D eigenvalue weighted by molar-refractivity contribution is -0.161. The van der Waals surface area contributed by atoms with Crippen molar-refractivity contribution in [2.75, 3.05) is 39.6 Å². The minimum absolute atomic E-state index is 0.106. The van der Waals surface area contributed by atoms with Crippen LogP contribution in [-0.4, -0.2) is 96.7 Å². The molecule has 0 saturated carbocycles. The Kier molecular flexibility index (Phi) is 68.7. The van der Waals surface area contributed by atoms with Crippen LogP contribution in [0, 0.1) is 23.7 Å². The van der Waals surface area contributed by atoms with Crippen LogP contribution in [0.25, 0.3) is 0 Å². The normalized spacial score (nSPS) is 14.3. The minimum Gasteiger partial charge on any atom is -0.462 e. The van der Waals surface area contributed by atoms with Gasteiger partial charge in [0.2, 0.25) is 0 Å². The molecule has 0 saturated heterocycles. The third-order valence-corrected chi connectivity index (χ3v) is 21.1. The van der Waals surface area contributed by atoms with Gasteiger partial charge in [-0.3, -0.25) is 37.3 Å². The van der Waals surface area contributed by atoms with Gasteiger partial charge in [0.15, 0.2) is 12.2 Å². The van der Waals surface area contributed by atoms with E-state index >= 15 is 0 Å². The van der Waals surface area contributed by atoms with Crippen molar-refractivity contribution in [1.82, 2.24) is 0 Å². The summed E-state index contributed by atoms with van der Waals surface area (Å²) in [5.74, 6) is 0.985. The van der Waals surface area contributed by atoms with Crippen LogP contribution in [0.4, 0.5) is 0 Å². The van der Waals surface area contributed by atoms with Gasteiger partial charge in [-0.1, -0.05) is 364 Å². The van der Waals surface area contributed by atoms with E-state index in [0.717, 1.165) is 114 Å². The first-order valence-corrected chi connectivity index (χ1v) is 44.7. The minimum atomic E-state index is -4.96. The van der Waals surface area contributed by atoms with E-state index < -0.39 is 97.5 Å². The van der Waals surface area contributed by atoms with Crippen molar-refractivity contribution in [1.29, 1.82) is 0 Å². The maximum atomic E-state index is 13.1. The summed E-state index contributed by atoms with van der Waals surface area (Å²) in [7, 11) is -9.92. The number of phosphoric ester groups is 2. The standard InChI is InChI=1S/C81H158O17P2/c1-9-74(8)60-52-44-35-29-25-26-30-36-45-53-61-78(83)91-67-76(97-80(85)63-55-47-37-31-23-19-15-11-10-13-17-21-27-33-41-49-57-71(2)3)69-95-99(87,88)93-65-75(82)66-94-100(89,90)96-70-77(68-92-79(84)62-54-46-40-39-43-51-59-73(6)7)98-81(86)64-56-48-38-32-24-20-16-12-14-18-22-28-34-42-50-58-72(4)5/h71-77,82H,9-70H2,1-8H3,(H,87,88)(H,89,90)/t74?,75?,76-,77-/m1/s1. The Labute approximate surface area is 613 Å². The highest BCUT2D eigenvalue weighted by Gasteiger charge is 2.30. The van der Waals surface area contributed by atoms with E-state index in [0.29, 0.717) is 31.6 Å². The third kappa shape index (κ3) is 73.0. The summed E-state index contributed by atoms with van der Waals surface area (Å²) < 4.78 is 68.7. The van der Waals surface area contributed by atoms with Crippen LogP contribution in [0.1, 0.15) is 415 Å². The number of hydrogen-bond donors (Lipinski definition) is 3. The summed E-state index contributed by atoms with van der Waals surface area (Å²) in [4.78, 5) is 73.0. The van der Waals surface area contributed by atoms with Gasteiger partial charge < -0.3 is 33.8 Å². The van der Waals surface area contributed by atoms with Gasteiger partial charge in [-0.25, -0.2) is 9.13 Å². The van der Waals surface area contributed by atoms with Gasteiger partial charge in [0, 0.05) is 25.7 Å². The number of unbranched alkanes of at least 4 members (excludes halogenated alkanes) is 43. The molecule has 0 aliphatic rings. The summed E-state index contributed by atoms with van der Waals surface area (Å²) in [6.07, 6.45) is 57.0. The number of carbonyl (C=O) groups excluding carboxylic acids is 4. The summed E-state index contributed by atoms with van der Waals surface area (Å²) in [5, 5.41) is 10.6. The smallest absolute Gasteiger partial charge is 0.462 e. The molecule has 594 valence electrons. The molecule has 0 bridgehead atoms. The molecule has 0 aliphatic carbocycles. The van der Waals surface area contributed by atoms with Crippen molar-refractivity contribution in [3.05, 3.63) is 0 Å². The molecule has 3 N–H and O–H groups in total. The molecule has 0 heterocycles. The molecule has 17 nitrogen and oxygen atoms in total. The van der Waals surface area contributed by atoms with Gasteiger partial charge in [-0.2, -0.15) is 0 Å². The average Bonchev–Trinajstić information content (AvgIpc) is 0.940. The summed E-state index contributed by atoms with van der Waals surface area (Å²) >= 11 is 0. The zero-order valence-electron chi connectivity index (χ0n) is 65.8. The SMILES string of the molecule is CCC(C)CCCCCCCCCCCCC(=O)OC[C@H](COP(=O)(O)OCC(O)COP(=O)(O)OC[C@@H](COC(=O)CCCCCCCCC(C)C)OC(=O)CCCCCCCCCCCCCCCCCC(C)C)OC(=O)CCCCCCCCCCCCCCCCCCC(C)C. The number of aliphatic hydroxyl groups excluding tert-OH is 1. The molecule has 0 aliphatic heterocycles. The highest BCUT2D eigenvalue weighted by atomic mass is 31.2. The van der Waals surface area contributed by atoms with Gasteiger partial charge in [0.25, 0.3) is 0 Å². The average molecular weight is 1470 g/mol. The van der Waals surface area contributed by atoms with Crippen molar-refractivity contribution in [3.8, 4) is 0 Å². The van der Waals surface area contributed by atoms with Crippen molar-refractivity contribution >= 4 is 39.5 Å². The molecule has 0 radical (unpaired) electrons. The second kappa shape index (κ2) is 70.1. The molecular formula is C81H158O17P2. The number of carbonyl (C=O) groups is 4. The van der Waals surface area contributed by atoms with Gasteiger partial charge in [-0.15, -0.1) is 0 Å². The van der Waals surface area contributed by atoms with E-state index in [1.165, 1.54) is 212 Å². The Hall–Kier alpha value is -1.94. The fraction of sp³-hybridized carbons (Fsp3) is 0.951. The van der Waals surface area contributed by atoms with Crippen molar-refractivity contribution in [3.63, 3.8) is 0 Å². The van der Waals surface area contributed by atoms with Gasteiger partial charge in [0.1, 0.15) is 19.3 Å². The molecule has 0 aromatic rings. The van der Waals surface area contributed by atoms with E-state index in [1.54, 1.807) is 0 Å². The number of phosphoric acid groups is 2. The number of rotatable bonds is 78. The molecule has 100 heavy (non-hydrogen) atoms. The summed E-state index contributed by atoms with van der Waals surface area (Å²) in [5.41, 5.74) is 0. The van der Waals surface area contributed by atoms with Crippen LogP contribution >= 0.6 is 15.6 Å². The van der Waals surface area contributed by atoms with Gasteiger partial charge >= 0.3 is 39.5 Å². The fourth-order valence-electron chi connectivity index (χ4n) is 12.4. The lowest BCUT2D eigenvalue weighted by Gasteiger charge is -2.21. The molecular weight excluding hydrogens is 1310 g/mol. The zero-order valence-corrected chi connectivity index (χ0v) is 67.6. The molecule has 0 aromatic carbocycles. The first-order valence-electron chi connectivity index (χ1n) is 41.7. The van der Waals surface area contributed by atoms with E-state index in [4.69, 9.17) is 37.0 Å². The Bertz CT molecular complexity index is 1960. The van der Waals surface area contributed by atoms with E-state index in [2.05, 4.69) is 55.4 Å². The lowest BCUT2D eigenvalue weighted by atomic mass is 9.99. The summed E-state index contributed by atoms with van der Waals surface area (Å²) in [6.45, 7) is 14.2. The highest BCUT2D eigenvalue weighted by Crippen LogP contribution is 2.45. The Morgan fingerprint density at radius 3 is 0.710 bits per heavy atom. The van der Waals surface area contributed by atoms with Gasteiger partial charge in [0.05, 0.1) is 26.4 Å². The first kappa shape index (κ1) is 98.1. The number of hydrogen-bond acceptors (Lipinski definition) is 15. The monoisotopic (exact) mass is 1470 g/mol. The van der Waals surface area contributed by atoms with Gasteiger partial charge in [-0.05, 0) is 49.4 Å². The largest absolute Gasteiger partial charge is 0.472 e. The molecule has 0 fully saturated rings. The van der Waals surface area contributed by atoms with Crippen LogP contribution in [0.2, 0.25) is 0 Å². The van der Waals surface area contributed by atoms with E-state index in [9.17, 15) is 43.2 Å². The highest BCUT2D eigenvalue weighted by molar-refractivity contribution is 7.47. The van der Waals surface area contributed by atoms with Crippen LogP contribution < -0.4 is 0 Å². The predicted molar refractivity (Wildman–Crippen MR) is 409 cm³/mol. The van der Waals surface area contributed by atoms with Crippen molar-refractivity contribution < 1.29 is 80.2 Å². The molecule has 0 amide bonds. The first-order chi connectivity index (χ1) is 48.1. The Morgan fingerprint density at radius 1 is 0.280 bits per heavy atom. The second-order valence-electron chi connectivity index (χ2n) is 30.8. The number of aliphatic hydroxyl groups is 1. The summed E-state index contributed by atoms with van der Waals surface area (Å²) in [6, 6.07) is 0. The maximum absolute atomic E-state index is 13.1. The quantitative estimate of drug-likeness (QED) is 0.0222. The molecule has 0 rings (SSSR count). The Balaban J connectivity index is 5.22. The van der Waals surface area contributed by atoms with E-state index in [1.807, 2.05) is 0 Å². The predicted octanol–water partition coefficient (Wildman–Crippen LogP) is 24.0. The molecule has 6 atom stereocenters. The van der Waals surface area contributed by atoms with Crippen molar-refractivity contribution in [2.45, 2.75) is 433 Å². The third-order valence-electron chi connectivity index (χ3n) is 19.2. The molecule has 0 aromatic heterocycles. The zero-order chi connectivity index (χ0) is 73.8. The fourth-order valence-corrected chi connectivity index (χ4v) is 14.0. The topological polar surface area (TPSA) is 237 Å². The Morgan fingerprint density at radius 2 is 0.480 bits per heavy atom. The number of ether oxygens (including phenoxy) is 4. The van der Waals surface area contributed by atoms with Crippen LogP contribution in [-0.2, 0) is 65.4 Å². The van der Waals surface area contributed by atoms with Crippen LogP contribution in [0.3, 0.4) is 0 Å². The molecule has 19 heteroatoms. The number of esters is 4.